The van der Waals surface area contributed by atoms with Gasteiger partial charge in [-0.05, 0) is 17.7 Å². The van der Waals surface area contributed by atoms with Gasteiger partial charge in [-0.3, -0.25) is 4.99 Å². The highest BCUT2D eigenvalue weighted by molar-refractivity contribution is 5.85. The van der Waals surface area contributed by atoms with E-state index in [0.29, 0.717) is 0 Å². The molecule has 1 aliphatic rings. The number of aliphatic imine (C=N–C) groups is 1. The monoisotopic (exact) mass is 228 g/mol. The van der Waals surface area contributed by atoms with Crippen molar-refractivity contribution in [1.82, 2.24) is 4.90 Å². The zero-order valence-electron chi connectivity index (χ0n) is 8.13. The van der Waals surface area contributed by atoms with Gasteiger partial charge in [-0.25, -0.2) is 0 Å². The van der Waals surface area contributed by atoms with Crippen molar-refractivity contribution in [1.29, 1.82) is 0 Å². The molecule has 2 N–H and O–H groups in total. The van der Waals surface area contributed by atoms with E-state index in [-0.39, 0.29) is 23.9 Å². The van der Waals surface area contributed by atoms with Crippen molar-refractivity contribution in [2.75, 3.05) is 13.1 Å². The van der Waals surface area contributed by atoms with E-state index in [2.05, 4.69) is 9.89 Å². The fourth-order valence-electron chi connectivity index (χ4n) is 1.44. The summed E-state index contributed by atoms with van der Waals surface area (Å²) in [5, 5.41) is 18.4. The molecule has 4 nitrogen and oxygen atoms in total. The van der Waals surface area contributed by atoms with Gasteiger partial charge >= 0.3 is 0 Å². The van der Waals surface area contributed by atoms with Gasteiger partial charge in [-0.2, -0.15) is 0 Å². The van der Waals surface area contributed by atoms with Crippen molar-refractivity contribution >= 4 is 18.7 Å². The first-order chi connectivity index (χ1) is 6.75. The zero-order chi connectivity index (χ0) is 9.97. The van der Waals surface area contributed by atoms with Gasteiger partial charge in [0.05, 0.1) is 12.9 Å². The maximum atomic E-state index is 9.27. The van der Waals surface area contributed by atoms with Gasteiger partial charge in [0, 0.05) is 13.1 Å². The number of phenolic OH excluding ortho intramolecular Hbond substituents is 2. The first kappa shape index (κ1) is 11.7. The van der Waals surface area contributed by atoms with Crippen LogP contribution in [0.5, 0.6) is 11.5 Å². The number of nitrogens with zero attached hydrogens (tertiary/aromatic N) is 2. The third kappa shape index (κ3) is 2.76. The summed E-state index contributed by atoms with van der Waals surface area (Å²) in [6.07, 6.45) is 1.81. The van der Waals surface area contributed by atoms with Crippen LogP contribution < -0.4 is 0 Å². The van der Waals surface area contributed by atoms with E-state index in [1.54, 1.807) is 12.1 Å². The van der Waals surface area contributed by atoms with Crippen LogP contribution in [-0.2, 0) is 6.54 Å². The van der Waals surface area contributed by atoms with Gasteiger partial charge in [0.15, 0.2) is 11.5 Å². The summed E-state index contributed by atoms with van der Waals surface area (Å²) in [6.45, 7) is 2.48. The number of rotatable bonds is 2. The van der Waals surface area contributed by atoms with E-state index in [1.165, 1.54) is 6.07 Å². The van der Waals surface area contributed by atoms with E-state index in [1.807, 2.05) is 6.34 Å². The van der Waals surface area contributed by atoms with Crippen LogP contribution in [0.15, 0.2) is 23.2 Å². The van der Waals surface area contributed by atoms with Crippen molar-refractivity contribution in [2.24, 2.45) is 4.99 Å². The van der Waals surface area contributed by atoms with Gasteiger partial charge in [0.1, 0.15) is 0 Å². The first-order valence-electron chi connectivity index (χ1n) is 4.50. The minimum Gasteiger partial charge on any atom is -0.504 e. The molecule has 2 rings (SSSR count). The Hall–Kier alpha value is -1.42. The lowest BCUT2D eigenvalue weighted by atomic mass is 10.2. The summed E-state index contributed by atoms with van der Waals surface area (Å²) in [5.41, 5.74) is 0.966. The summed E-state index contributed by atoms with van der Waals surface area (Å²) in [5.74, 6) is -0.150. The topological polar surface area (TPSA) is 56.1 Å². The number of phenols is 2. The highest BCUT2D eigenvalue weighted by Crippen LogP contribution is 2.25. The van der Waals surface area contributed by atoms with Crippen molar-refractivity contribution in [2.45, 2.75) is 6.54 Å². The second kappa shape index (κ2) is 4.89. The van der Waals surface area contributed by atoms with Crippen LogP contribution in [-0.4, -0.2) is 34.5 Å². The molecule has 0 unspecified atom stereocenters. The molecule has 0 atom stereocenters. The maximum absolute atomic E-state index is 9.27. The molecule has 1 aromatic carbocycles. The van der Waals surface area contributed by atoms with Crippen LogP contribution in [0.25, 0.3) is 0 Å². The second-order valence-electron chi connectivity index (χ2n) is 3.32. The minimum atomic E-state index is -0.0798. The summed E-state index contributed by atoms with van der Waals surface area (Å²) >= 11 is 0. The highest BCUT2D eigenvalue weighted by Gasteiger charge is 2.07. The molecular weight excluding hydrogens is 216 g/mol. The van der Waals surface area contributed by atoms with E-state index in [4.69, 9.17) is 5.11 Å². The van der Waals surface area contributed by atoms with Crippen LogP contribution in [0, 0.1) is 0 Å². The van der Waals surface area contributed by atoms with E-state index >= 15 is 0 Å². The number of benzene rings is 1. The number of hydrogen-bond donors (Lipinski definition) is 2. The second-order valence-corrected chi connectivity index (χ2v) is 3.32. The lowest BCUT2D eigenvalue weighted by molar-refractivity contribution is 0.400. The Bertz CT molecular complexity index is 368. The molecule has 1 aromatic rings. The molecule has 0 saturated carbocycles. The summed E-state index contributed by atoms with van der Waals surface area (Å²) in [7, 11) is 0. The Morgan fingerprint density at radius 1 is 1.27 bits per heavy atom. The normalized spacial score (nSPS) is 14.0. The molecule has 0 saturated heterocycles. The quantitative estimate of drug-likeness (QED) is 0.752. The maximum Gasteiger partial charge on any atom is 0.157 e. The number of halogens is 1. The van der Waals surface area contributed by atoms with Crippen LogP contribution in [0.2, 0.25) is 0 Å². The molecule has 0 spiro atoms. The average Bonchev–Trinajstić information content (AvgIpc) is 2.64. The lowest BCUT2D eigenvalue weighted by Gasteiger charge is -2.13. The molecule has 0 radical (unpaired) electrons. The lowest BCUT2D eigenvalue weighted by Crippen LogP contribution is -2.18. The fraction of sp³-hybridized carbons (Fsp3) is 0.300. The molecule has 0 fully saturated rings. The zero-order valence-corrected chi connectivity index (χ0v) is 8.94. The smallest absolute Gasteiger partial charge is 0.157 e. The molecule has 1 heterocycles. The molecule has 0 bridgehead atoms. The number of aromatic hydroxyl groups is 2. The Morgan fingerprint density at radius 2 is 2.07 bits per heavy atom. The molecular formula is C10H13ClN2O2. The van der Waals surface area contributed by atoms with Crippen molar-refractivity contribution in [3.05, 3.63) is 23.8 Å². The van der Waals surface area contributed by atoms with Crippen molar-refractivity contribution in [3.8, 4) is 11.5 Å². The Kier molecular flexibility index (Phi) is 3.80. The van der Waals surface area contributed by atoms with Gasteiger partial charge in [0.25, 0.3) is 0 Å². The van der Waals surface area contributed by atoms with Crippen LogP contribution in [0.3, 0.4) is 0 Å². The van der Waals surface area contributed by atoms with E-state index < -0.39 is 0 Å². The molecule has 5 heteroatoms. The molecule has 1 aliphatic heterocycles. The third-order valence-corrected chi connectivity index (χ3v) is 2.19. The van der Waals surface area contributed by atoms with Gasteiger partial charge in [-0.1, -0.05) is 6.07 Å². The van der Waals surface area contributed by atoms with Gasteiger partial charge in [-0.15, -0.1) is 12.4 Å². The molecule has 0 amide bonds. The highest BCUT2D eigenvalue weighted by atomic mass is 35.5. The Balaban J connectivity index is 0.00000112. The summed E-state index contributed by atoms with van der Waals surface area (Å²) in [6, 6.07) is 4.86. The van der Waals surface area contributed by atoms with Gasteiger partial charge < -0.3 is 15.1 Å². The van der Waals surface area contributed by atoms with Gasteiger partial charge in [0.2, 0.25) is 0 Å². The Labute approximate surface area is 94.3 Å². The molecule has 82 valence electrons. The number of hydrogen-bond acceptors (Lipinski definition) is 4. The molecule has 0 aromatic heterocycles. The SMILES string of the molecule is Cl.Oc1ccc(CN2C=NCC2)cc1O. The predicted molar refractivity (Wildman–Crippen MR) is 60.8 cm³/mol. The van der Waals surface area contributed by atoms with Crippen molar-refractivity contribution < 1.29 is 10.2 Å². The van der Waals surface area contributed by atoms with E-state index in [0.717, 1.165) is 25.2 Å². The van der Waals surface area contributed by atoms with Crippen LogP contribution >= 0.6 is 12.4 Å². The van der Waals surface area contributed by atoms with Crippen LogP contribution in [0.4, 0.5) is 0 Å². The summed E-state index contributed by atoms with van der Waals surface area (Å²) < 4.78 is 0. The standard InChI is InChI=1S/C10H12N2O2.ClH/c13-9-2-1-8(5-10(9)14)6-12-4-3-11-7-12;/h1-2,5,7,13-14H,3-4,6H2;1H. The molecule has 0 aliphatic carbocycles. The fourth-order valence-corrected chi connectivity index (χ4v) is 1.44. The first-order valence-corrected chi connectivity index (χ1v) is 4.50. The minimum absolute atomic E-state index is 0. The predicted octanol–water partition coefficient (Wildman–Crippen LogP) is 1.36. The van der Waals surface area contributed by atoms with E-state index in [9.17, 15) is 5.11 Å². The van der Waals surface area contributed by atoms with Crippen LogP contribution in [0.1, 0.15) is 5.56 Å². The summed E-state index contributed by atoms with van der Waals surface area (Å²) in [4.78, 5) is 6.15. The largest absolute Gasteiger partial charge is 0.504 e. The molecule has 15 heavy (non-hydrogen) atoms. The average molecular weight is 229 g/mol. The van der Waals surface area contributed by atoms with Crippen molar-refractivity contribution in [3.63, 3.8) is 0 Å². The third-order valence-electron chi connectivity index (χ3n) is 2.19. The Morgan fingerprint density at radius 3 is 2.67 bits per heavy atom.